The zero-order valence-corrected chi connectivity index (χ0v) is 32.0. The number of anilines is 6. The normalized spacial score (nSPS) is 14.9. The molecule has 266 valence electrons. The lowest BCUT2D eigenvalue weighted by Crippen LogP contribution is -2.46. The monoisotopic (exact) mass is 778 g/mol. The number of fused-ring (bicyclic) bond motifs is 1. The number of pyridine rings is 2. The van der Waals surface area contributed by atoms with Crippen LogP contribution in [0.1, 0.15) is 24.5 Å². The van der Waals surface area contributed by atoms with Crippen LogP contribution in [0.3, 0.4) is 0 Å². The molecule has 52 heavy (non-hydrogen) atoms. The summed E-state index contributed by atoms with van der Waals surface area (Å²) in [5.74, 6) is 2.10. The number of methoxy groups -OCH3 is 1. The van der Waals surface area contributed by atoms with Crippen LogP contribution in [0.15, 0.2) is 84.0 Å². The average molecular weight is 780 g/mol. The number of rotatable bonds is 10. The molecule has 4 aromatic heterocycles. The molecule has 1 aliphatic heterocycles. The summed E-state index contributed by atoms with van der Waals surface area (Å²) in [4.78, 5) is 23.3. The van der Waals surface area contributed by atoms with Crippen LogP contribution in [-0.2, 0) is 11.6 Å². The summed E-state index contributed by atoms with van der Waals surface area (Å²) in [5.41, 5.74) is 7.64. The number of ether oxygens (including phenoxy) is 1. The highest BCUT2D eigenvalue weighted by Crippen LogP contribution is 2.44. The summed E-state index contributed by atoms with van der Waals surface area (Å²) in [6, 6.07) is 16.3. The minimum Gasteiger partial charge on any atom is -0.494 e. The largest absolute Gasteiger partial charge is 0.494 e. The Hall–Kier alpha value is -5.00. The van der Waals surface area contributed by atoms with Crippen LogP contribution >= 0.6 is 23.1 Å². The van der Waals surface area contributed by atoms with E-state index in [1.54, 1.807) is 26.6 Å². The van der Waals surface area contributed by atoms with Gasteiger partial charge in [-0.2, -0.15) is 10.1 Å². The molecule has 6 aromatic rings. The van der Waals surface area contributed by atoms with E-state index in [0.717, 1.165) is 70.6 Å². The third kappa shape index (κ3) is 6.95. The Labute approximate surface area is 311 Å². The van der Waals surface area contributed by atoms with Crippen molar-refractivity contribution >= 4 is 73.8 Å². The zero-order valence-electron chi connectivity index (χ0n) is 29.5. The number of nitrogens with zero attached hydrogens (tertiary/aromatic N) is 8. The van der Waals surface area contributed by atoms with Crippen molar-refractivity contribution in [2.24, 2.45) is 7.05 Å². The summed E-state index contributed by atoms with van der Waals surface area (Å²) in [7, 11) is 0.856. The number of aromatic nitrogens is 6. The molecule has 2 N–H and O–H groups in total. The van der Waals surface area contributed by atoms with Crippen molar-refractivity contribution in [1.82, 2.24) is 29.7 Å². The fourth-order valence-electron chi connectivity index (χ4n) is 6.90. The van der Waals surface area contributed by atoms with E-state index in [1.165, 1.54) is 18.5 Å². The number of hydrogen-bond acceptors (Lipinski definition) is 11. The Morgan fingerprint density at radius 2 is 1.67 bits per heavy atom. The molecule has 2 aromatic carbocycles. The molecule has 1 aliphatic carbocycles. The fraction of sp³-hybridized carbons (Fsp3) is 0.289. The predicted molar refractivity (Wildman–Crippen MR) is 213 cm³/mol. The third-order valence-corrected chi connectivity index (χ3v) is 11.8. The van der Waals surface area contributed by atoms with E-state index in [2.05, 4.69) is 87.8 Å². The molecular formula is C38H40BrN10O2P. The number of halogens is 1. The third-order valence-electron chi connectivity index (χ3n) is 9.62. The molecule has 8 rings (SSSR count). The highest BCUT2D eigenvalue weighted by molar-refractivity contribution is 9.10. The van der Waals surface area contributed by atoms with Crippen LogP contribution in [0.25, 0.3) is 22.0 Å². The SMILES string of the molecule is COc1cc(N2CCN(c3ccncc3)CC2)c(-c2cnn(C)c2)cc1Nc1ncc(Br)c(Nc2ccc3nc(C4CC4)ccc3c2P(C)(C)=O)n1. The van der Waals surface area contributed by atoms with E-state index in [1.807, 2.05) is 48.6 Å². The molecule has 2 fully saturated rings. The molecule has 1 saturated carbocycles. The molecular weight excluding hydrogens is 739 g/mol. The lowest BCUT2D eigenvalue weighted by Gasteiger charge is -2.38. The van der Waals surface area contributed by atoms with Gasteiger partial charge in [0.25, 0.3) is 0 Å². The van der Waals surface area contributed by atoms with Gasteiger partial charge in [0.2, 0.25) is 5.95 Å². The highest BCUT2D eigenvalue weighted by atomic mass is 79.9. The zero-order chi connectivity index (χ0) is 36.0. The van der Waals surface area contributed by atoms with Gasteiger partial charge in [0, 0.05) is 109 Å². The van der Waals surface area contributed by atoms with Gasteiger partial charge < -0.3 is 29.7 Å². The Balaban J connectivity index is 1.11. The van der Waals surface area contributed by atoms with Crippen LogP contribution < -0.4 is 30.5 Å². The van der Waals surface area contributed by atoms with Gasteiger partial charge in [-0.3, -0.25) is 14.6 Å². The molecule has 0 spiro atoms. The standard InChI is InChI=1S/C38H40BrN10O2P/c1-47-23-25(21-42-47)28-19-33(35(51-2)20-34(28)49-17-15-48(16-18-49)26-11-13-40-14-12-26)45-38-41-22-29(39)37(46-38)44-32-10-9-31-27(36(32)52(3,4)50)7-8-30(43-31)24-5-6-24/h7-14,19-24H,5-6,15-18H2,1-4H3,(H2,41,44,45,46). The Morgan fingerprint density at radius 3 is 2.37 bits per heavy atom. The van der Waals surface area contributed by atoms with Crippen LogP contribution in [0.4, 0.5) is 34.5 Å². The number of nitrogens with one attached hydrogen (secondary N) is 2. The number of benzene rings is 2. The predicted octanol–water partition coefficient (Wildman–Crippen LogP) is 7.53. The highest BCUT2D eigenvalue weighted by Gasteiger charge is 2.27. The van der Waals surface area contributed by atoms with E-state index in [9.17, 15) is 4.57 Å². The minimum atomic E-state index is -2.73. The van der Waals surface area contributed by atoms with Gasteiger partial charge in [-0.1, -0.05) is 6.07 Å². The van der Waals surface area contributed by atoms with E-state index in [-0.39, 0.29) is 0 Å². The van der Waals surface area contributed by atoms with E-state index in [0.29, 0.717) is 33.6 Å². The quantitative estimate of drug-likeness (QED) is 0.134. The van der Waals surface area contributed by atoms with E-state index < -0.39 is 7.14 Å². The van der Waals surface area contributed by atoms with Crippen molar-refractivity contribution in [3.63, 3.8) is 0 Å². The summed E-state index contributed by atoms with van der Waals surface area (Å²) < 4.78 is 22.2. The minimum absolute atomic E-state index is 0.370. The molecule has 0 radical (unpaired) electrons. The first-order valence-electron chi connectivity index (χ1n) is 17.3. The van der Waals surface area contributed by atoms with Gasteiger partial charge in [0.05, 0.1) is 34.7 Å². The van der Waals surface area contributed by atoms with Gasteiger partial charge in [-0.15, -0.1) is 0 Å². The lowest BCUT2D eigenvalue weighted by atomic mass is 10.0. The molecule has 5 heterocycles. The Bertz CT molecular complexity index is 2320. The smallest absolute Gasteiger partial charge is 0.229 e. The molecule has 0 unspecified atom stereocenters. The molecule has 0 atom stereocenters. The molecule has 0 amide bonds. The molecule has 12 nitrogen and oxygen atoms in total. The van der Waals surface area contributed by atoms with Crippen LogP contribution in [0.5, 0.6) is 5.75 Å². The first-order valence-corrected chi connectivity index (χ1v) is 20.7. The lowest BCUT2D eigenvalue weighted by molar-refractivity contribution is 0.416. The van der Waals surface area contributed by atoms with Crippen molar-refractivity contribution in [2.45, 2.75) is 18.8 Å². The maximum atomic E-state index is 13.8. The molecule has 1 saturated heterocycles. The van der Waals surface area contributed by atoms with E-state index >= 15 is 0 Å². The second kappa shape index (κ2) is 13.9. The summed E-state index contributed by atoms with van der Waals surface area (Å²) >= 11 is 3.63. The van der Waals surface area contributed by atoms with Gasteiger partial charge in [0.15, 0.2) is 0 Å². The Morgan fingerprint density at radius 1 is 0.904 bits per heavy atom. The van der Waals surface area contributed by atoms with Gasteiger partial charge in [0.1, 0.15) is 18.7 Å². The van der Waals surface area contributed by atoms with Gasteiger partial charge >= 0.3 is 0 Å². The first-order chi connectivity index (χ1) is 25.1. The summed E-state index contributed by atoms with van der Waals surface area (Å²) in [6.45, 7) is 7.02. The summed E-state index contributed by atoms with van der Waals surface area (Å²) in [5, 5.41) is 13.0. The second-order valence-electron chi connectivity index (χ2n) is 13.7. The van der Waals surface area contributed by atoms with Crippen molar-refractivity contribution in [3.8, 4) is 16.9 Å². The first kappa shape index (κ1) is 34.1. The number of hydrogen-bond donors (Lipinski definition) is 2. The molecule has 2 aliphatic rings. The maximum absolute atomic E-state index is 13.8. The fourth-order valence-corrected chi connectivity index (χ4v) is 8.67. The molecule has 0 bridgehead atoms. The van der Waals surface area contributed by atoms with Crippen LogP contribution in [0.2, 0.25) is 0 Å². The topological polar surface area (TPSA) is 126 Å². The second-order valence-corrected chi connectivity index (χ2v) is 17.7. The van der Waals surface area contributed by atoms with Gasteiger partial charge in [-0.25, -0.2) is 4.98 Å². The summed E-state index contributed by atoms with van der Waals surface area (Å²) in [6.07, 6.45) is 11.6. The van der Waals surface area contributed by atoms with Crippen LogP contribution in [-0.4, -0.2) is 76.3 Å². The average Bonchev–Trinajstić information content (AvgIpc) is 3.92. The van der Waals surface area contributed by atoms with Crippen molar-refractivity contribution in [3.05, 3.63) is 89.7 Å². The van der Waals surface area contributed by atoms with Crippen LogP contribution in [0, 0.1) is 0 Å². The van der Waals surface area contributed by atoms with Crippen molar-refractivity contribution in [1.29, 1.82) is 0 Å². The molecule has 14 heteroatoms. The number of piperazine rings is 1. The van der Waals surface area contributed by atoms with Crippen molar-refractivity contribution in [2.75, 3.05) is 67.1 Å². The Kier molecular flexibility index (Phi) is 9.09. The van der Waals surface area contributed by atoms with Crippen molar-refractivity contribution < 1.29 is 9.30 Å². The number of aryl methyl sites for hydroxylation is 1. The van der Waals surface area contributed by atoms with Gasteiger partial charge in [-0.05, 0) is 78.5 Å². The van der Waals surface area contributed by atoms with E-state index in [4.69, 9.17) is 14.7 Å². The maximum Gasteiger partial charge on any atom is 0.229 e.